The molecule has 0 aliphatic heterocycles. The van der Waals surface area contributed by atoms with Gasteiger partial charge in [0.1, 0.15) is 0 Å². The Bertz CT molecular complexity index is 445. The summed E-state index contributed by atoms with van der Waals surface area (Å²) in [6.45, 7) is 6.39. The first-order valence-electron chi connectivity index (χ1n) is 7.08. The zero-order valence-electron chi connectivity index (χ0n) is 13.2. The summed E-state index contributed by atoms with van der Waals surface area (Å²) in [6, 6.07) is 1.90. The number of nitrogens with zero attached hydrogens (tertiary/aromatic N) is 3. The van der Waals surface area contributed by atoms with Crippen LogP contribution < -0.4 is 5.32 Å². The molecule has 0 fully saturated rings. The fraction of sp³-hybridized carbons (Fsp3) is 0.600. The molecular weight excluding hydrogens is 252 g/mol. The molecule has 112 valence electrons. The standard InChI is InChI=1S/C15H26N4O/c1-6-19(9-7-8-18(4)5)15(20)13-11-17-12(2)10-14(13)16-3/h10-11H,6-9H2,1-5H3,(H,16,17). The second-order valence-corrected chi connectivity index (χ2v) is 5.16. The number of aryl methyl sites for hydroxylation is 1. The number of nitrogens with one attached hydrogen (secondary N) is 1. The number of pyridine rings is 1. The quantitative estimate of drug-likeness (QED) is 0.827. The van der Waals surface area contributed by atoms with Crippen LogP contribution >= 0.6 is 0 Å². The lowest BCUT2D eigenvalue weighted by atomic mass is 10.1. The number of anilines is 1. The van der Waals surface area contributed by atoms with Crippen LogP contribution in [0.4, 0.5) is 5.69 Å². The molecule has 0 atom stereocenters. The summed E-state index contributed by atoms with van der Waals surface area (Å²) in [6.07, 6.45) is 2.64. The Morgan fingerprint density at radius 3 is 2.60 bits per heavy atom. The summed E-state index contributed by atoms with van der Waals surface area (Å²) in [5.41, 5.74) is 2.39. The van der Waals surface area contributed by atoms with E-state index in [0.29, 0.717) is 12.1 Å². The highest BCUT2D eigenvalue weighted by Gasteiger charge is 2.17. The van der Waals surface area contributed by atoms with E-state index < -0.39 is 0 Å². The van der Waals surface area contributed by atoms with Gasteiger partial charge in [-0.1, -0.05) is 0 Å². The van der Waals surface area contributed by atoms with Gasteiger partial charge in [0.2, 0.25) is 0 Å². The van der Waals surface area contributed by atoms with Gasteiger partial charge in [0.25, 0.3) is 5.91 Å². The molecule has 5 nitrogen and oxygen atoms in total. The third kappa shape index (κ3) is 4.49. The van der Waals surface area contributed by atoms with Gasteiger partial charge in [0.15, 0.2) is 0 Å². The van der Waals surface area contributed by atoms with Crippen molar-refractivity contribution < 1.29 is 4.79 Å². The van der Waals surface area contributed by atoms with Gasteiger partial charge in [-0.05, 0) is 47.0 Å². The van der Waals surface area contributed by atoms with Crippen LogP contribution in [0.5, 0.6) is 0 Å². The highest BCUT2D eigenvalue weighted by atomic mass is 16.2. The van der Waals surface area contributed by atoms with Crippen LogP contribution in [-0.4, -0.2) is 61.5 Å². The average Bonchev–Trinajstić information content (AvgIpc) is 2.42. The molecule has 0 unspecified atom stereocenters. The van der Waals surface area contributed by atoms with Crippen LogP contribution in [0.1, 0.15) is 29.4 Å². The number of carbonyl (C=O) groups excluding carboxylic acids is 1. The Morgan fingerprint density at radius 1 is 1.35 bits per heavy atom. The number of carbonyl (C=O) groups is 1. The Hall–Kier alpha value is -1.62. The first-order chi connectivity index (χ1) is 9.49. The number of hydrogen-bond acceptors (Lipinski definition) is 4. The van der Waals surface area contributed by atoms with Crippen LogP contribution in [0, 0.1) is 6.92 Å². The van der Waals surface area contributed by atoms with E-state index in [2.05, 4.69) is 15.2 Å². The van der Waals surface area contributed by atoms with Gasteiger partial charge in [-0.3, -0.25) is 9.78 Å². The predicted molar refractivity (Wildman–Crippen MR) is 83.3 cm³/mol. The van der Waals surface area contributed by atoms with Crippen LogP contribution in [0.3, 0.4) is 0 Å². The molecule has 0 aromatic carbocycles. The Balaban J connectivity index is 2.80. The van der Waals surface area contributed by atoms with Crippen molar-refractivity contribution in [1.82, 2.24) is 14.8 Å². The first kappa shape index (κ1) is 16.4. The molecule has 0 aliphatic carbocycles. The largest absolute Gasteiger partial charge is 0.387 e. The minimum atomic E-state index is 0.0445. The second kappa shape index (κ2) is 7.85. The molecule has 1 aromatic heterocycles. The van der Waals surface area contributed by atoms with E-state index in [0.717, 1.165) is 30.9 Å². The minimum Gasteiger partial charge on any atom is -0.387 e. The highest BCUT2D eigenvalue weighted by molar-refractivity contribution is 5.99. The zero-order valence-corrected chi connectivity index (χ0v) is 13.2. The maximum Gasteiger partial charge on any atom is 0.257 e. The van der Waals surface area contributed by atoms with Gasteiger partial charge in [-0.15, -0.1) is 0 Å². The predicted octanol–water partition coefficient (Wildman–Crippen LogP) is 1.85. The van der Waals surface area contributed by atoms with Crippen LogP contribution in [0.15, 0.2) is 12.3 Å². The van der Waals surface area contributed by atoms with Crippen molar-refractivity contribution in [3.8, 4) is 0 Å². The fourth-order valence-corrected chi connectivity index (χ4v) is 2.09. The van der Waals surface area contributed by atoms with Gasteiger partial charge in [0, 0.05) is 32.0 Å². The fourth-order valence-electron chi connectivity index (χ4n) is 2.09. The summed E-state index contributed by atoms with van der Waals surface area (Å²) in [7, 11) is 5.91. The molecule has 1 amide bonds. The van der Waals surface area contributed by atoms with E-state index in [4.69, 9.17) is 0 Å². The van der Waals surface area contributed by atoms with E-state index in [-0.39, 0.29) is 5.91 Å². The zero-order chi connectivity index (χ0) is 15.1. The summed E-state index contributed by atoms with van der Waals surface area (Å²) in [5, 5.41) is 3.07. The number of amides is 1. The van der Waals surface area contributed by atoms with Crippen molar-refractivity contribution in [2.24, 2.45) is 0 Å². The molecule has 5 heteroatoms. The molecule has 20 heavy (non-hydrogen) atoms. The summed E-state index contributed by atoms with van der Waals surface area (Å²) in [5.74, 6) is 0.0445. The average molecular weight is 278 g/mol. The maximum absolute atomic E-state index is 12.6. The van der Waals surface area contributed by atoms with E-state index >= 15 is 0 Å². The Morgan fingerprint density at radius 2 is 2.05 bits per heavy atom. The van der Waals surface area contributed by atoms with E-state index in [9.17, 15) is 4.79 Å². The van der Waals surface area contributed by atoms with Crippen molar-refractivity contribution in [3.05, 3.63) is 23.5 Å². The topological polar surface area (TPSA) is 48.5 Å². The van der Waals surface area contributed by atoms with Crippen LogP contribution in [0.25, 0.3) is 0 Å². The molecule has 1 heterocycles. The van der Waals surface area contributed by atoms with Gasteiger partial charge >= 0.3 is 0 Å². The molecule has 0 spiro atoms. The highest BCUT2D eigenvalue weighted by Crippen LogP contribution is 2.17. The SMILES string of the molecule is CCN(CCCN(C)C)C(=O)c1cnc(C)cc1NC. The van der Waals surface area contributed by atoms with Gasteiger partial charge in [-0.25, -0.2) is 0 Å². The minimum absolute atomic E-state index is 0.0445. The number of rotatable bonds is 7. The molecule has 0 saturated carbocycles. The molecule has 1 aromatic rings. The smallest absolute Gasteiger partial charge is 0.257 e. The summed E-state index contributed by atoms with van der Waals surface area (Å²) < 4.78 is 0. The lowest BCUT2D eigenvalue weighted by Crippen LogP contribution is -2.33. The van der Waals surface area contributed by atoms with E-state index in [1.807, 2.05) is 46.0 Å². The molecule has 1 N–H and O–H groups in total. The molecule has 1 rings (SSSR count). The normalized spacial score (nSPS) is 10.7. The monoisotopic (exact) mass is 278 g/mol. The molecule has 0 saturated heterocycles. The van der Waals surface area contributed by atoms with Crippen molar-refractivity contribution in [1.29, 1.82) is 0 Å². The first-order valence-corrected chi connectivity index (χ1v) is 7.08. The number of hydrogen-bond donors (Lipinski definition) is 1. The van der Waals surface area contributed by atoms with Crippen molar-refractivity contribution in [2.45, 2.75) is 20.3 Å². The third-order valence-corrected chi connectivity index (χ3v) is 3.24. The lowest BCUT2D eigenvalue weighted by Gasteiger charge is -2.23. The van der Waals surface area contributed by atoms with Gasteiger partial charge in [-0.2, -0.15) is 0 Å². The summed E-state index contributed by atoms with van der Waals surface area (Å²) in [4.78, 5) is 20.8. The summed E-state index contributed by atoms with van der Waals surface area (Å²) >= 11 is 0. The van der Waals surface area contributed by atoms with E-state index in [1.54, 1.807) is 6.20 Å². The second-order valence-electron chi connectivity index (χ2n) is 5.16. The third-order valence-electron chi connectivity index (χ3n) is 3.24. The van der Waals surface area contributed by atoms with Crippen LogP contribution in [0.2, 0.25) is 0 Å². The molecular formula is C15H26N4O. The van der Waals surface area contributed by atoms with Crippen molar-refractivity contribution in [3.63, 3.8) is 0 Å². The van der Waals surface area contributed by atoms with Crippen molar-refractivity contribution in [2.75, 3.05) is 46.1 Å². The molecule has 0 aliphatic rings. The van der Waals surface area contributed by atoms with Crippen LogP contribution in [-0.2, 0) is 0 Å². The Kier molecular flexibility index (Phi) is 6.45. The van der Waals surface area contributed by atoms with Gasteiger partial charge in [0.05, 0.1) is 11.3 Å². The Labute approximate surface area is 122 Å². The van der Waals surface area contributed by atoms with Gasteiger partial charge < -0.3 is 15.1 Å². The van der Waals surface area contributed by atoms with Crippen molar-refractivity contribution >= 4 is 11.6 Å². The molecule has 0 bridgehead atoms. The lowest BCUT2D eigenvalue weighted by molar-refractivity contribution is 0.0760. The van der Waals surface area contributed by atoms with E-state index in [1.165, 1.54) is 0 Å². The number of aromatic nitrogens is 1. The molecule has 0 radical (unpaired) electrons. The maximum atomic E-state index is 12.6.